The first-order valence-corrected chi connectivity index (χ1v) is 9.43. The molecule has 4 rings (SSSR count). The minimum atomic E-state index is -0.230. The molecule has 0 aliphatic carbocycles. The molecule has 0 N–H and O–H groups in total. The van der Waals surface area contributed by atoms with Crippen LogP contribution in [0.1, 0.15) is 28.9 Å². The fourth-order valence-corrected chi connectivity index (χ4v) is 4.70. The molecule has 0 saturated carbocycles. The summed E-state index contributed by atoms with van der Waals surface area (Å²) in [6.07, 6.45) is 1.68. The zero-order chi connectivity index (χ0) is 19.1. The van der Waals surface area contributed by atoms with Crippen LogP contribution in [0.3, 0.4) is 0 Å². The van der Waals surface area contributed by atoms with Crippen LogP contribution >= 0.6 is 12.4 Å². The monoisotopic (exact) mass is 405 g/mol. The predicted octanol–water partition coefficient (Wildman–Crippen LogP) is 2.80. The van der Waals surface area contributed by atoms with Gasteiger partial charge in [-0.2, -0.15) is 0 Å². The third kappa shape index (κ3) is 3.59. The molecule has 3 atom stereocenters. The molecule has 2 aliphatic rings. The summed E-state index contributed by atoms with van der Waals surface area (Å²) in [4.78, 5) is 29.1. The van der Waals surface area contributed by atoms with Gasteiger partial charge in [-0.25, -0.2) is 4.39 Å². The van der Waals surface area contributed by atoms with Crippen LogP contribution in [0.5, 0.6) is 0 Å². The molecule has 28 heavy (non-hydrogen) atoms. The highest BCUT2D eigenvalue weighted by atomic mass is 35.5. The van der Waals surface area contributed by atoms with E-state index in [2.05, 4.69) is 11.9 Å². The highest BCUT2D eigenvalue weighted by Gasteiger charge is 2.47. The number of hydrogen-bond acceptors (Lipinski definition) is 3. The molecule has 0 radical (unpaired) electrons. The van der Waals surface area contributed by atoms with E-state index in [1.54, 1.807) is 29.0 Å². The number of rotatable bonds is 3. The highest BCUT2D eigenvalue weighted by Crippen LogP contribution is 2.44. The first kappa shape index (κ1) is 20.6. The van der Waals surface area contributed by atoms with Gasteiger partial charge in [-0.3, -0.25) is 14.5 Å². The van der Waals surface area contributed by atoms with Crippen LogP contribution in [0.2, 0.25) is 0 Å². The lowest BCUT2D eigenvalue weighted by Crippen LogP contribution is -2.34. The van der Waals surface area contributed by atoms with Gasteiger partial charge < -0.3 is 9.47 Å². The molecule has 1 aromatic carbocycles. The molecule has 2 aliphatic heterocycles. The number of aryl methyl sites for hydroxylation is 1. The molecule has 0 bridgehead atoms. The van der Waals surface area contributed by atoms with Crippen molar-refractivity contribution in [3.05, 3.63) is 69.9 Å². The van der Waals surface area contributed by atoms with E-state index < -0.39 is 0 Å². The Hall–Kier alpha value is -2.18. The van der Waals surface area contributed by atoms with Crippen molar-refractivity contribution in [3.8, 4) is 0 Å². The van der Waals surface area contributed by atoms with Crippen LogP contribution < -0.4 is 5.56 Å². The number of fused-ring (bicyclic) bond motifs is 1. The Morgan fingerprint density at radius 1 is 1.18 bits per heavy atom. The lowest BCUT2D eigenvalue weighted by Gasteiger charge is -2.27. The molecular weight excluding hydrogens is 381 g/mol. The van der Waals surface area contributed by atoms with E-state index in [0.29, 0.717) is 31.1 Å². The molecule has 1 amide bonds. The first-order valence-electron chi connectivity index (χ1n) is 9.43. The number of pyridine rings is 1. The Morgan fingerprint density at radius 2 is 1.96 bits per heavy atom. The zero-order valence-corrected chi connectivity index (χ0v) is 16.9. The van der Waals surface area contributed by atoms with Crippen molar-refractivity contribution in [2.45, 2.75) is 19.5 Å². The van der Waals surface area contributed by atoms with Crippen LogP contribution in [0.4, 0.5) is 4.39 Å². The first-order chi connectivity index (χ1) is 13.0. The number of carbonyl (C=O) groups excluding carboxylic acids is 1. The van der Waals surface area contributed by atoms with Gasteiger partial charge in [-0.15, -0.1) is 12.4 Å². The van der Waals surface area contributed by atoms with Gasteiger partial charge >= 0.3 is 0 Å². The minimum Gasteiger partial charge on any atom is -0.338 e. The Kier molecular flexibility index (Phi) is 5.91. The van der Waals surface area contributed by atoms with E-state index in [1.807, 2.05) is 17.9 Å². The van der Waals surface area contributed by atoms with Crippen molar-refractivity contribution in [1.82, 2.24) is 14.4 Å². The Bertz CT molecular complexity index is 932. The van der Waals surface area contributed by atoms with Crippen LogP contribution in [0.15, 0.2) is 47.4 Å². The van der Waals surface area contributed by atoms with E-state index >= 15 is 0 Å². The summed E-state index contributed by atoms with van der Waals surface area (Å²) in [5, 5.41) is 0. The average molecular weight is 406 g/mol. The third-order valence-corrected chi connectivity index (χ3v) is 5.96. The van der Waals surface area contributed by atoms with Crippen molar-refractivity contribution >= 4 is 18.3 Å². The van der Waals surface area contributed by atoms with Crippen molar-refractivity contribution in [3.63, 3.8) is 0 Å². The molecule has 2 fully saturated rings. The van der Waals surface area contributed by atoms with Gasteiger partial charge in [0.25, 0.3) is 11.5 Å². The lowest BCUT2D eigenvalue weighted by atomic mass is 9.89. The topological polar surface area (TPSA) is 45.6 Å². The minimum absolute atomic E-state index is 0. The second-order valence-electron chi connectivity index (χ2n) is 7.61. The largest absolute Gasteiger partial charge is 0.338 e. The van der Waals surface area contributed by atoms with E-state index in [0.717, 1.165) is 12.1 Å². The van der Waals surface area contributed by atoms with Crippen LogP contribution in [0, 0.1) is 17.7 Å². The molecule has 7 heteroatoms. The van der Waals surface area contributed by atoms with E-state index in [9.17, 15) is 14.0 Å². The number of benzene rings is 1. The summed E-state index contributed by atoms with van der Waals surface area (Å²) in [7, 11) is 2.06. The summed E-state index contributed by atoms with van der Waals surface area (Å²) in [6.45, 7) is 4.67. The molecule has 2 saturated heterocycles. The summed E-state index contributed by atoms with van der Waals surface area (Å²) >= 11 is 0. The zero-order valence-electron chi connectivity index (χ0n) is 16.0. The summed E-state index contributed by atoms with van der Waals surface area (Å²) in [6, 6.07) is 10.0. The molecule has 2 aromatic rings. The third-order valence-electron chi connectivity index (χ3n) is 5.96. The predicted molar refractivity (Wildman–Crippen MR) is 108 cm³/mol. The van der Waals surface area contributed by atoms with Crippen LogP contribution in [0.25, 0.3) is 0 Å². The number of amides is 1. The standard InChI is InChI=1S/C21H24FN3O2.ClH/c1-3-24-8-7-15(10-19(24)26)21(27)25-12-16-11-23(2)20(18(16)13-25)14-5-4-6-17(22)9-14;/h4-10,16,18,20H,3,11-13H2,1-2H3;1H/t16-,18+,20-;/m0./s1. The quantitative estimate of drug-likeness (QED) is 0.788. The number of carbonyl (C=O) groups is 1. The van der Waals surface area contributed by atoms with E-state index in [4.69, 9.17) is 0 Å². The van der Waals surface area contributed by atoms with Crippen LogP contribution in [-0.2, 0) is 6.54 Å². The normalized spacial score (nSPS) is 24.1. The Labute approximate surface area is 170 Å². The fourth-order valence-electron chi connectivity index (χ4n) is 4.70. The maximum Gasteiger partial charge on any atom is 0.254 e. The molecule has 150 valence electrons. The van der Waals surface area contributed by atoms with E-state index in [1.165, 1.54) is 12.1 Å². The van der Waals surface area contributed by atoms with Gasteiger partial charge in [0.1, 0.15) is 5.82 Å². The van der Waals surface area contributed by atoms with Gasteiger partial charge in [0.05, 0.1) is 0 Å². The van der Waals surface area contributed by atoms with Crippen molar-refractivity contribution in [2.24, 2.45) is 11.8 Å². The van der Waals surface area contributed by atoms with Gasteiger partial charge in [0.2, 0.25) is 0 Å². The Morgan fingerprint density at radius 3 is 2.64 bits per heavy atom. The van der Waals surface area contributed by atoms with Crippen molar-refractivity contribution < 1.29 is 9.18 Å². The summed E-state index contributed by atoms with van der Waals surface area (Å²) in [5.41, 5.74) is 1.25. The lowest BCUT2D eigenvalue weighted by molar-refractivity contribution is 0.0767. The SMILES string of the molecule is CCn1ccc(C(=O)N2C[C@@H]3CN(C)[C@@H](c4cccc(F)c4)[C@@H]3C2)cc1=O.Cl. The molecule has 1 aromatic heterocycles. The number of likely N-dealkylation sites (tertiary alicyclic amines) is 2. The number of nitrogens with zero attached hydrogens (tertiary/aromatic N) is 3. The number of aromatic nitrogens is 1. The summed E-state index contributed by atoms with van der Waals surface area (Å²) in [5.74, 6) is 0.317. The fraction of sp³-hybridized carbons (Fsp3) is 0.429. The van der Waals surface area contributed by atoms with Gasteiger partial charge in [-0.1, -0.05) is 12.1 Å². The molecule has 0 spiro atoms. The smallest absolute Gasteiger partial charge is 0.254 e. The van der Waals surface area contributed by atoms with Crippen LogP contribution in [-0.4, -0.2) is 47.0 Å². The van der Waals surface area contributed by atoms with Gasteiger partial charge in [-0.05, 0) is 43.7 Å². The maximum absolute atomic E-state index is 13.7. The van der Waals surface area contributed by atoms with E-state index in [-0.39, 0.29) is 41.7 Å². The number of hydrogen-bond donors (Lipinski definition) is 0. The van der Waals surface area contributed by atoms with Crippen molar-refractivity contribution in [1.29, 1.82) is 0 Å². The maximum atomic E-state index is 13.7. The van der Waals surface area contributed by atoms with Gasteiger partial charge in [0.15, 0.2) is 0 Å². The molecular formula is C21H25ClFN3O2. The number of halogens is 2. The highest BCUT2D eigenvalue weighted by molar-refractivity contribution is 5.94. The Balaban J connectivity index is 0.00000225. The second-order valence-corrected chi connectivity index (χ2v) is 7.61. The average Bonchev–Trinajstić information content (AvgIpc) is 3.17. The molecule has 3 heterocycles. The van der Waals surface area contributed by atoms with Gasteiger partial charge in [0, 0.05) is 56.0 Å². The van der Waals surface area contributed by atoms with Crippen molar-refractivity contribution in [2.75, 3.05) is 26.7 Å². The molecule has 0 unspecified atom stereocenters. The second kappa shape index (κ2) is 8.05. The molecule has 5 nitrogen and oxygen atoms in total. The summed E-state index contributed by atoms with van der Waals surface area (Å²) < 4.78 is 15.3.